The smallest absolute Gasteiger partial charge is 0.129 e. The van der Waals surface area contributed by atoms with Crippen LogP contribution in [-0.4, -0.2) is 31.3 Å². The van der Waals surface area contributed by atoms with Crippen LogP contribution < -0.4 is 4.90 Å². The molecule has 0 amide bonds. The molecule has 0 aliphatic rings. The Bertz CT molecular complexity index is 372. The fraction of sp³-hybridized carbons (Fsp3) is 0.688. The zero-order valence-corrected chi connectivity index (χ0v) is 13.9. The largest absolute Gasteiger partial charge is 0.383 e. The number of hydrogen-bond acceptors (Lipinski definition) is 3. The van der Waals surface area contributed by atoms with Crippen LogP contribution in [0.5, 0.6) is 0 Å². The lowest BCUT2D eigenvalue weighted by Crippen LogP contribution is -2.37. The SMILES string of the molecule is CCc1cc(CCl)cc(N(CCOC)C(CC)CC)n1. The van der Waals surface area contributed by atoms with Crippen LogP contribution >= 0.6 is 11.6 Å². The molecule has 1 heterocycles. The monoisotopic (exact) mass is 298 g/mol. The molecule has 0 aliphatic carbocycles. The molecular formula is C16H27ClN2O. The number of halogens is 1. The van der Waals surface area contributed by atoms with Crippen molar-refractivity contribution in [2.24, 2.45) is 0 Å². The minimum absolute atomic E-state index is 0.493. The quantitative estimate of drug-likeness (QED) is 0.644. The normalized spacial score (nSPS) is 11.1. The molecule has 0 unspecified atom stereocenters. The molecule has 0 aliphatic heterocycles. The van der Waals surface area contributed by atoms with Crippen molar-refractivity contribution < 1.29 is 4.74 Å². The third kappa shape index (κ3) is 4.64. The average Bonchev–Trinajstić information content (AvgIpc) is 2.50. The zero-order valence-electron chi connectivity index (χ0n) is 13.2. The highest BCUT2D eigenvalue weighted by Crippen LogP contribution is 2.21. The van der Waals surface area contributed by atoms with E-state index in [0.717, 1.165) is 42.9 Å². The predicted molar refractivity (Wildman–Crippen MR) is 86.8 cm³/mol. The maximum atomic E-state index is 6.01. The van der Waals surface area contributed by atoms with E-state index in [-0.39, 0.29) is 0 Å². The van der Waals surface area contributed by atoms with Crippen LogP contribution in [0.4, 0.5) is 5.82 Å². The van der Waals surface area contributed by atoms with E-state index in [1.54, 1.807) is 7.11 Å². The van der Waals surface area contributed by atoms with Gasteiger partial charge in [-0.15, -0.1) is 11.6 Å². The molecule has 0 aromatic carbocycles. The molecule has 3 nitrogen and oxygen atoms in total. The summed E-state index contributed by atoms with van der Waals surface area (Å²) in [4.78, 5) is 7.14. The third-order valence-electron chi connectivity index (χ3n) is 3.66. The van der Waals surface area contributed by atoms with Crippen LogP contribution in [-0.2, 0) is 17.0 Å². The molecule has 0 spiro atoms. The van der Waals surface area contributed by atoms with Gasteiger partial charge in [0, 0.05) is 31.3 Å². The molecule has 0 bridgehead atoms. The number of anilines is 1. The molecule has 0 radical (unpaired) electrons. The Kier molecular flexibility index (Phi) is 7.93. The van der Waals surface area contributed by atoms with Crippen LogP contribution in [0.1, 0.15) is 44.9 Å². The van der Waals surface area contributed by atoms with Gasteiger partial charge in [-0.05, 0) is 37.0 Å². The van der Waals surface area contributed by atoms with Crippen LogP contribution in [0.2, 0.25) is 0 Å². The molecule has 0 fully saturated rings. The van der Waals surface area contributed by atoms with Gasteiger partial charge in [0.15, 0.2) is 0 Å². The second kappa shape index (κ2) is 9.19. The lowest BCUT2D eigenvalue weighted by atomic mass is 10.1. The Hall–Kier alpha value is -0.800. The molecule has 20 heavy (non-hydrogen) atoms. The molecule has 0 N–H and O–H groups in total. The summed E-state index contributed by atoms with van der Waals surface area (Å²) in [5, 5.41) is 0. The summed E-state index contributed by atoms with van der Waals surface area (Å²) < 4.78 is 5.25. The van der Waals surface area contributed by atoms with Crippen molar-refractivity contribution in [3.05, 3.63) is 23.4 Å². The number of aromatic nitrogens is 1. The summed E-state index contributed by atoms with van der Waals surface area (Å²) in [5.41, 5.74) is 2.24. The molecule has 1 aromatic rings. The molecule has 114 valence electrons. The third-order valence-corrected chi connectivity index (χ3v) is 3.96. The average molecular weight is 299 g/mol. The van der Waals surface area contributed by atoms with Crippen molar-refractivity contribution in [2.45, 2.75) is 52.0 Å². The lowest BCUT2D eigenvalue weighted by Gasteiger charge is -2.32. The van der Waals surface area contributed by atoms with Crippen molar-refractivity contribution in [1.82, 2.24) is 4.98 Å². The molecule has 0 saturated heterocycles. The molecule has 0 atom stereocenters. The van der Waals surface area contributed by atoms with Gasteiger partial charge < -0.3 is 9.64 Å². The highest BCUT2D eigenvalue weighted by atomic mass is 35.5. The summed E-state index contributed by atoms with van der Waals surface area (Å²) in [5.74, 6) is 1.56. The number of aryl methyl sites for hydroxylation is 1. The van der Waals surface area contributed by atoms with Crippen molar-refractivity contribution in [3.63, 3.8) is 0 Å². The first-order valence-electron chi connectivity index (χ1n) is 7.51. The van der Waals surface area contributed by atoms with Gasteiger partial charge >= 0.3 is 0 Å². The van der Waals surface area contributed by atoms with E-state index in [9.17, 15) is 0 Å². The Labute approximate surface area is 128 Å². The van der Waals surface area contributed by atoms with E-state index >= 15 is 0 Å². The second-order valence-corrected chi connectivity index (χ2v) is 5.24. The lowest BCUT2D eigenvalue weighted by molar-refractivity contribution is 0.202. The van der Waals surface area contributed by atoms with Gasteiger partial charge in [-0.3, -0.25) is 0 Å². The summed E-state index contributed by atoms with van der Waals surface area (Å²) in [6.07, 6.45) is 3.14. The fourth-order valence-corrected chi connectivity index (χ4v) is 2.60. The topological polar surface area (TPSA) is 25.4 Å². The molecule has 0 saturated carbocycles. The first kappa shape index (κ1) is 17.3. The highest BCUT2D eigenvalue weighted by Gasteiger charge is 2.17. The van der Waals surface area contributed by atoms with Gasteiger partial charge in [0.2, 0.25) is 0 Å². The van der Waals surface area contributed by atoms with E-state index < -0.39 is 0 Å². The van der Waals surface area contributed by atoms with E-state index in [1.165, 1.54) is 0 Å². The van der Waals surface area contributed by atoms with Gasteiger partial charge in [0.1, 0.15) is 5.82 Å². The number of rotatable bonds is 9. The van der Waals surface area contributed by atoms with Crippen molar-refractivity contribution in [3.8, 4) is 0 Å². The number of methoxy groups -OCH3 is 1. The Morgan fingerprint density at radius 2 is 1.95 bits per heavy atom. The number of alkyl halides is 1. The van der Waals surface area contributed by atoms with Crippen molar-refractivity contribution in [2.75, 3.05) is 25.2 Å². The zero-order chi connectivity index (χ0) is 15.0. The minimum atomic E-state index is 0.493. The van der Waals surface area contributed by atoms with Crippen molar-refractivity contribution >= 4 is 17.4 Å². The maximum Gasteiger partial charge on any atom is 0.129 e. The highest BCUT2D eigenvalue weighted by molar-refractivity contribution is 6.17. The summed E-state index contributed by atoms with van der Waals surface area (Å²) in [6, 6.07) is 4.70. The van der Waals surface area contributed by atoms with Crippen molar-refractivity contribution in [1.29, 1.82) is 0 Å². The maximum absolute atomic E-state index is 6.01. The van der Waals surface area contributed by atoms with E-state index in [2.05, 4.69) is 37.8 Å². The second-order valence-electron chi connectivity index (χ2n) is 4.97. The Morgan fingerprint density at radius 1 is 1.25 bits per heavy atom. The van der Waals surface area contributed by atoms with Gasteiger partial charge in [-0.1, -0.05) is 20.8 Å². The summed E-state index contributed by atoms with van der Waals surface area (Å²) in [7, 11) is 1.74. The molecule has 4 heteroatoms. The number of pyridine rings is 1. The minimum Gasteiger partial charge on any atom is -0.383 e. The Morgan fingerprint density at radius 3 is 2.45 bits per heavy atom. The van der Waals surface area contributed by atoms with Crippen LogP contribution in [0.3, 0.4) is 0 Å². The Balaban J connectivity index is 3.10. The van der Waals surface area contributed by atoms with Gasteiger partial charge in [0.05, 0.1) is 6.61 Å². The van der Waals surface area contributed by atoms with Gasteiger partial charge in [-0.25, -0.2) is 4.98 Å². The van der Waals surface area contributed by atoms with E-state index in [1.807, 2.05) is 0 Å². The predicted octanol–water partition coefficient (Wildman–Crippen LogP) is 4.02. The summed E-state index contributed by atoms with van der Waals surface area (Å²) >= 11 is 6.01. The van der Waals surface area contributed by atoms with Gasteiger partial charge in [0.25, 0.3) is 0 Å². The molecular weight excluding hydrogens is 272 g/mol. The first-order chi connectivity index (χ1) is 9.69. The van der Waals surface area contributed by atoms with E-state index in [0.29, 0.717) is 18.5 Å². The van der Waals surface area contributed by atoms with E-state index in [4.69, 9.17) is 21.3 Å². The van der Waals surface area contributed by atoms with Crippen LogP contribution in [0.15, 0.2) is 12.1 Å². The fourth-order valence-electron chi connectivity index (χ4n) is 2.44. The summed E-state index contributed by atoms with van der Waals surface area (Å²) in [6.45, 7) is 8.15. The van der Waals surface area contributed by atoms with Gasteiger partial charge in [-0.2, -0.15) is 0 Å². The van der Waals surface area contributed by atoms with Crippen LogP contribution in [0, 0.1) is 0 Å². The van der Waals surface area contributed by atoms with Crippen LogP contribution in [0.25, 0.3) is 0 Å². The number of ether oxygens (including phenoxy) is 1. The first-order valence-corrected chi connectivity index (χ1v) is 8.04. The molecule has 1 rings (SSSR count). The number of nitrogens with zero attached hydrogens (tertiary/aromatic N) is 2. The number of hydrogen-bond donors (Lipinski definition) is 0. The standard InChI is InChI=1S/C16H27ClN2O/c1-5-14-10-13(12-17)11-16(18-14)19(8-9-20-4)15(6-2)7-3/h10-11,15H,5-9,12H2,1-4H3. The molecule has 1 aromatic heterocycles.